The van der Waals surface area contributed by atoms with Gasteiger partial charge in [-0.1, -0.05) is 18.2 Å². The van der Waals surface area contributed by atoms with E-state index in [9.17, 15) is 14.7 Å². The van der Waals surface area contributed by atoms with Crippen molar-refractivity contribution in [3.8, 4) is 5.75 Å². The summed E-state index contributed by atoms with van der Waals surface area (Å²) >= 11 is 0. The lowest BCUT2D eigenvalue weighted by Gasteiger charge is -2.24. The van der Waals surface area contributed by atoms with Gasteiger partial charge in [-0.2, -0.15) is 0 Å². The molecule has 0 saturated heterocycles. The number of nitrogens with one attached hydrogen (secondary N) is 1. The molecule has 0 aliphatic heterocycles. The number of carbonyl (C=O) groups excluding carboxylic acids is 1. The first-order valence-electron chi connectivity index (χ1n) is 6.86. The van der Waals surface area contributed by atoms with Crippen LogP contribution in [-0.4, -0.2) is 24.1 Å². The third-order valence-corrected chi connectivity index (χ3v) is 3.70. The van der Waals surface area contributed by atoms with Gasteiger partial charge < -0.3 is 15.2 Å². The summed E-state index contributed by atoms with van der Waals surface area (Å²) in [6.45, 7) is 1.92. The number of anilines is 1. The van der Waals surface area contributed by atoms with Gasteiger partial charge >= 0.3 is 5.97 Å². The zero-order valence-corrected chi connectivity index (χ0v) is 12.1. The molecule has 0 aromatic heterocycles. The third-order valence-electron chi connectivity index (χ3n) is 3.70. The number of carboxylic acids is 1. The van der Waals surface area contributed by atoms with E-state index in [1.165, 1.54) is 7.11 Å². The lowest BCUT2D eigenvalue weighted by molar-refractivity contribution is -0.146. The molecule has 1 aliphatic rings. The molecule has 0 bridgehead atoms. The van der Waals surface area contributed by atoms with Crippen LogP contribution in [0.1, 0.15) is 18.4 Å². The van der Waals surface area contributed by atoms with Crippen LogP contribution in [0.2, 0.25) is 0 Å². The molecule has 1 amide bonds. The number of rotatable bonds is 4. The largest absolute Gasteiger partial charge is 0.495 e. The van der Waals surface area contributed by atoms with Crippen LogP contribution in [0.3, 0.4) is 0 Å². The number of methoxy groups -OCH3 is 1. The lowest BCUT2D eigenvalue weighted by Crippen LogP contribution is -2.34. The van der Waals surface area contributed by atoms with Crippen LogP contribution >= 0.6 is 0 Å². The number of hydrogen-bond acceptors (Lipinski definition) is 3. The molecule has 5 heteroatoms. The van der Waals surface area contributed by atoms with Gasteiger partial charge in [-0.15, -0.1) is 0 Å². The molecule has 2 rings (SSSR count). The van der Waals surface area contributed by atoms with Gasteiger partial charge in [0.05, 0.1) is 24.6 Å². The van der Waals surface area contributed by atoms with Gasteiger partial charge in [-0.3, -0.25) is 9.59 Å². The molecule has 21 heavy (non-hydrogen) atoms. The van der Waals surface area contributed by atoms with E-state index in [0.29, 0.717) is 24.3 Å². The van der Waals surface area contributed by atoms with Crippen LogP contribution in [0.25, 0.3) is 0 Å². The van der Waals surface area contributed by atoms with Crippen molar-refractivity contribution in [3.63, 3.8) is 0 Å². The van der Waals surface area contributed by atoms with Crippen molar-refractivity contribution >= 4 is 17.6 Å². The summed E-state index contributed by atoms with van der Waals surface area (Å²) in [5.41, 5.74) is 1.56. The highest BCUT2D eigenvalue weighted by molar-refractivity contribution is 5.96. The number of hydrogen-bond donors (Lipinski definition) is 2. The van der Waals surface area contributed by atoms with Crippen molar-refractivity contribution < 1.29 is 19.4 Å². The molecular formula is C16H19NO4. The average molecular weight is 289 g/mol. The van der Waals surface area contributed by atoms with Crippen LogP contribution < -0.4 is 10.1 Å². The minimum absolute atomic E-state index is 0.282. The molecule has 0 unspecified atom stereocenters. The molecule has 0 radical (unpaired) electrons. The normalized spacial score (nSPS) is 20.9. The highest BCUT2D eigenvalue weighted by atomic mass is 16.5. The Morgan fingerprint density at radius 1 is 1.24 bits per heavy atom. The fourth-order valence-electron chi connectivity index (χ4n) is 2.52. The van der Waals surface area contributed by atoms with Gasteiger partial charge in [0.15, 0.2) is 0 Å². The van der Waals surface area contributed by atoms with Crippen LogP contribution in [0.15, 0.2) is 30.4 Å². The van der Waals surface area contributed by atoms with E-state index in [2.05, 4.69) is 5.32 Å². The third kappa shape index (κ3) is 3.42. The molecule has 1 aromatic carbocycles. The Kier molecular flexibility index (Phi) is 4.62. The zero-order valence-electron chi connectivity index (χ0n) is 12.1. The number of amides is 1. The summed E-state index contributed by atoms with van der Waals surface area (Å²) < 4.78 is 5.22. The number of allylic oxidation sites excluding steroid dienone is 2. The van der Waals surface area contributed by atoms with Gasteiger partial charge in [0, 0.05) is 0 Å². The molecule has 0 heterocycles. The topological polar surface area (TPSA) is 75.6 Å². The van der Waals surface area contributed by atoms with E-state index in [-0.39, 0.29) is 5.91 Å². The summed E-state index contributed by atoms with van der Waals surface area (Å²) in [5, 5.41) is 12.0. The van der Waals surface area contributed by atoms with Crippen molar-refractivity contribution in [2.45, 2.75) is 19.8 Å². The highest BCUT2D eigenvalue weighted by Crippen LogP contribution is 2.30. The van der Waals surface area contributed by atoms with Crippen LogP contribution in [0, 0.1) is 18.8 Å². The number of aliphatic carboxylic acids is 1. The summed E-state index contributed by atoms with van der Waals surface area (Å²) in [6.07, 6.45) is 4.50. The van der Waals surface area contributed by atoms with Gasteiger partial charge in [-0.05, 0) is 37.5 Å². The van der Waals surface area contributed by atoms with E-state index in [0.717, 1.165) is 5.56 Å². The summed E-state index contributed by atoms with van der Waals surface area (Å²) in [7, 11) is 1.53. The first-order valence-corrected chi connectivity index (χ1v) is 6.86. The molecule has 0 fully saturated rings. The maximum absolute atomic E-state index is 12.4. The van der Waals surface area contributed by atoms with E-state index < -0.39 is 17.8 Å². The summed E-state index contributed by atoms with van der Waals surface area (Å²) in [5.74, 6) is -1.89. The maximum Gasteiger partial charge on any atom is 0.307 e. The van der Waals surface area contributed by atoms with Crippen molar-refractivity contribution in [2.24, 2.45) is 11.8 Å². The predicted octanol–water partition coefficient (Wildman–Crippen LogP) is 2.61. The van der Waals surface area contributed by atoms with Crippen molar-refractivity contribution in [3.05, 3.63) is 35.9 Å². The van der Waals surface area contributed by atoms with Gasteiger partial charge in [0.1, 0.15) is 5.75 Å². The standard InChI is InChI=1S/C16H19NO4/c1-10-7-8-14(21-2)13(9-10)17-15(18)11-5-3-4-6-12(11)16(19)20/h3-4,7-9,11-12H,5-6H2,1-2H3,(H,17,18)(H,19,20)/t11-,12+/m1/s1. The Labute approximate surface area is 123 Å². The number of carboxylic acid groups (broad SMARTS) is 1. The first-order chi connectivity index (χ1) is 10.0. The quantitative estimate of drug-likeness (QED) is 0.835. The number of carbonyl (C=O) groups is 2. The van der Waals surface area contributed by atoms with Crippen molar-refractivity contribution in [1.82, 2.24) is 0 Å². The van der Waals surface area contributed by atoms with E-state index in [1.807, 2.05) is 31.2 Å². The Balaban J connectivity index is 2.19. The molecule has 2 N–H and O–H groups in total. The Morgan fingerprint density at radius 2 is 1.90 bits per heavy atom. The second kappa shape index (κ2) is 6.43. The van der Waals surface area contributed by atoms with Crippen molar-refractivity contribution in [2.75, 3.05) is 12.4 Å². The SMILES string of the molecule is COc1ccc(C)cc1NC(=O)[C@@H]1CC=CC[C@@H]1C(=O)O. The molecule has 1 aliphatic carbocycles. The Morgan fingerprint density at radius 3 is 2.52 bits per heavy atom. The second-order valence-electron chi connectivity index (χ2n) is 5.19. The Bertz CT molecular complexity index is 580. The highest BCUT2D eigenvalue weighted by Gasteiger charge is 2.34. The molecule has 0 spiro atoms. The molecule has 0 saturated carbocycles. The molecule has 5 nitrogen and oxygen atoms in total. The minimum atomic E-state index is -0.935. The van der Waals surface area contributed by atoms with Crippen LogP contribution in [0.4, 0.5) is 5.69 Å². The number of aryl methyl sites for hydroxylation is 1. The summed E-state index contributed by atoms with van der Waals surface area (Å²) in [6, 6.07) is 5.48. The van der Waals surface area contributed by atoms with Crippen molar-refractivity contribution in [1.29, 1.82) is 0 Å². The Hall–Kier alpha value is -2.30. The average Bonchev–Trinajstić information content (AvgIpc) is 2.47. The van der Waals surface area contributed by atoms with Gasteiger partial charge in [-0.25, -0.2) is 0 Å². The monoisotopic (exact) mass is 289 g/mol. The van der Waals surface area contributed by atoms with E-state index >= 15 is 0 Å². The van der Waals surface area contributed by atoms with Gasteiger partial charge in [0.2, 0.25) is 5.91 Å². The van der Waals surface area contributed by atoms with E-state index in [4.69, 9.17) is 4.74 Å². The zero-order chi connectivity index (χ0) is 15.4. The maximum atomic E-state index is 12.4. The first kappa shape index (κ1) is 15.1. The second-order valence-corrected chi connectivity index (χ2v) is 5.19. The summed E-state index contributed by atoms with van der Waals surface area (Å²) in [4.78, 5) is 23.7. The fraction of sp³-hybridized carbons (Fsp3) is 0.375. The van der Waals surface area contributed by atoms with Crippen LogP contribution in [-0.2, 0) is 9.59 Å². The number of benzene rings is 1. The molecule has 2 atom stereocenters. The predicted molar refractivity (Wildman–Crippen MR) is 79.4 cm³/mol. The fourth-order valence-corrected chi connectivity index (χ4v) is 2.52. The minimum Gasteiger partial charge on any atom is -0.495 e. The van der Waals surface area contributed by atoms with E-state index in [1.54, 1.807) is 6.07 Å². The molecule has 1 aromatic rings. The number of ether oxygens (including phenoxy) is 1. The van der Waals surface area contributed by atoms with Crippen LogP contribution in [0.5, 0.6) is 5.75 Å². The lowest BCUT2D eigenvalue weighted by atomic mass is 9.82. The smallest absolute Gasteiger partial charge is 0.307 e. The van der Waals surface area contributed by atoms with Gasteiger partial charge in [0.25, 0.3) is 0 Å². The molecule has 112 valence electrons. The molecular weight excluding hydrogens is 270 g/mol.